The summed E-state index contributed by atoms with van der Waals surface area (Å²) in [5.41, 5.74) is 1.95. The van der Waals surface area contributed by atoms with Crippen LogP contribution in [0.1, 0.15) is 12.5 Å². The van der Waals surface area contributed by atoms with Crippen LogP contribution in [0.25, 0.3) is 22.3 Å². The number of ether oxygens (including phenoxy) is 1. The Hall–Kier alpha value is -3.44. The van der Waals surface area contributed by atoms with Crippen molar-refractivity contribution in [1.82, 2.24) is 9.66 Å². The Kier molecular flexibility index (Phi) is 5.40. The van der Waals surface area contributed by atoms with Crippen molar-refractivity contribution in [2.24, 2.45) is 5.10 Å². The average Bonchev–Trinajstić information content (AvgIpc) is 2.75. The molecule has 6 heteroatoms. The van der Waals surface area contributed by atoms with E-state index in [4.69, 9.17) is 16.3 Å². The maximum Gasteiger partial charge on any atom is 0.282 e. The van der Waals surface area contributed by atoms with Crippen molar-refractivity contribution in [2.45, 2.75) is 6.92 Å². The lowest BCUT2D eigenvalue weighted by molar-refractivity contribution is 0.340. The van der Waals surface area contributed by atoms with Gasteiger partial charge in [-0.3, -0.25) is 4.79 Å². The van der Waals surface area contributed by atoms with Crippen molar-refractivity contribution in [3.63, 3.8) is 0 Å². The summed E-state index contributed by atoms with van der Waals surface area (Å²) in [6.45, 7) is 2.43. The second kappa shape index (κ2) is 8.29. The number of para-hydroxylation sites is 1. The molecule has 0 amide bonds. The standard InChI is InChI=1S/C23H18ClN3O2/c1-2-29-21-13-12-16(14-19(21)24)15-25-27-22(17-8-4-3-5-9-17)26-20-11-7-6-10-18(20)23(27)28/h3-15H,2H2,1H3. The Labute approximate surface area is 172 Å². The van der Waals surface area contributed by atoms with Gasteiger partial charge in [0.25, 0.3) is 5.56 Å². The third kappa shape index (κ3) is 3.91. The smallest absolute Gasteiger partial charge is 0.282 e. The first-order valence-electron chi connectivity index (χ1n) is 9.21. The van der Waals surface area contributed by atoms with Gasteiger partial charge in [0.1, 0.15) is 5.75 Å². The van der Waals surface area contributed by atoms with Gasteiger partial charge in [0, 0.05) is 5.56 Å². The summed E-state index contributed by atoms with van der Waals surface area (Å²) in [6.07, 6.45) is 1.59. The van der Waals surface area contributed by atoms with Gasteiger partial charge in [-0.15, -0.1) is 0 Å². The van der Waals surface area contributed by atoms with Crippen LogP contribution < -0.4 is 10.3 Å². The summed E-state index contributed by atoms with van der Waals surface area (Å²) in [7, 11) is 0. The van der Waals surface area contributed by atoms with E-state index in [1.807, 2.05) is 61.5 Å². The Morgan fingerprint density at radius 1 is 1.07 bits per heavy atom. The van der Waals surface area contributed by atoms with Gasteiger partial charge in [-0.05, 0) is 42.8 Å². The van der Waals surface area contributed by atoms with E-state index in [0.717, 1.165) is 11.1 Å². The fourth-order valence-electron chi connectivity index (χ4n) is 3.00. The molecule has 0 unspecified atom stereocenters. The zero-order valence-corrected chi connectivity index (χ0v) is 16.5. The molecule has 3 aromatic carbocycles. The number of fused-ring (bicyclic) bond motifs is 1. The molecular formula is C23H18ClN3O2. The number of nitrogens with zero attached hydrogens (tertiary/aromatic N) is 3. The average molecular weight is 404 g/mol. The lowest BCUT2D eigenvalue weighted by Gasteiger charge is -2.09. The minimum atomic E-state index is -0.234. The third-order valence-electron chi connectivity index (χ3n) is 4.36. The van der Waals surface area contributed by atoms with Gasteiger partial charge in [-0.25, -0.2) is 4.98 Å². The summed E-state index contributed by atoms with van der Waals surface area (Å²) < 4.78 is 6.78. The molecule has 144 valence electrons. The number of benzene rings is 3. The van der Waals surface area contributed by atoms with Gasteiger partial charge in [0.05, 0.1) is 28.7 Å². The number of halogens is 1. The van der Waals surface area contributed by atoms with Crippen LogP contribution in [0.3, 0.4) is 0 Å². The summed E-state index contributed by atoms with van der Waals surface area (Å²) >= 11 is 6.26. The molecule has 0 aliphatic rings. The molecule has 0 N–H and O–H groups in total. The molecule has 29 heavy (non-hydrogen) atoms. The third-order valence-corrected chi connectivity index (χ3v) is 4.66. The number of aromatic nitrogens is 2. The lowest BCUT2D eigenvalue weighted by Crippen LogP contribution is -2.20. The highest BCUT2D eigenvalue weighted by molar-refractivity contribution is 6.32. The lowest BCUT2D eigenvalue weighted by atomic mass is 10.2. The fourth-order valence-corrected chi connectivity index (χ4v) is 3.24. The monoisotopic (exact) mass is 403 g/mol. The van der Waals surface area contributed by atoms with Crippen molar-refractivity contribution in [2.75, 3.05) is 6.61 Å². The minimum Gasteiger partial charge on any atom is -0.492 e. The molecule has 0 aliphatic heterocycles. The van der Waals surface area contributed by atoms with Gasteiger partial charge in [-0.1, -0.05) is 54.1 Å². The molecule has 0 fully saturated rings. The normalized spacial score (nSPS) is 11.2. The molecule has 0 saturated heterocycles. The number of rotatable bonds is 5. The molecule has 0 bridgehead atoms. The molecule has 0 radical (unpaired) electrons. The van der Waals surface area contributed by atoms with E-state index in [0.29, 0.717) is 34.1 Å². The van der Waals surface area contributed by atoms with E-state index in [-0.39, 0.29) is 5.56 Å². The van der Waals surface area contributed by atoms with E-state index in [2.05, 4.69) is 10.1 Å². The maximum absolute atomic E-state index is 13.1. The Morgan fingerprint density at radius 2 is 1.83 bits per heavy atom. The molecule has 5 nitrogen and oxygen atoms in total. The second-order valence-electron chi connectivity index (χ2n) is 6.30. The SMILES string of the molecule is CCOc1ccc(C=Nn2c(-c3ccccc3)nc3ccccc3c2=O)cc1Cl. The van der Waals surface area contributed by atoms with Crippen LogP contribution in [0.4, 0.5) is 0 Å². The zero-order valence-electron chi connectivity index (χ0n) is 15.7. The van der Waals surface area contributed by atoms with Crippen LogP contribution in [0.5, 0.6) is 5.75 Å². The van der Waals surface area contributed by atoms with Crippen LogP contribution in [0.2, 0.25) is 5.02 Å². The van der Waals surface area contributed by atoms with Gasteiger partial charge in [-0.2, -0.15) is 9.78 Å². The summed E-state index contributed by atoms with van der Waals surface area (Å²) in [6, 6.07) is 22.1. The van der Waals surface area contributed by atoms with E-state index < -0.39 is 0 Å². The molecule has 0 aliphatic carbocycles. The number of hydrogen-bond donors (Lipinski definition) is 0. The quantitative estimate of drug-likeness (QED) is 0.441. The minimum absolute atomic E-state index is 0.234. The van der Waals surface area contributed by atoms with E-state index in [1.165, 1.54) is 4.68 Å². The van der Waals surface area contributed by atoms with Gasteiger partial charge in [0.2, 0.25) is 0 Å². The summed E-state index contributed by atoms with van der Waals surface area (Å²) in [5.74, 6) is 1.09. The van der Waals surface area contributed by atoms with Crippen molar-refractivity contribution >= 4 is 28.7 Å². The van der Waals surface area contributed by atoms with E-state index >= 15 is 0 Å². The predicted octanol–water partition coefficient (Wildman–Crippen LogP) is 5.00. The second-order valence-corrected chi connectivity index (χ2v) is 6.71. The predicted molar refractivity (Wildman–Crippen MR) is 117 cm³/mol. The van der Waals surface area contributed by atoms with Crippen molar-refractivity contribution in [3.8, 4) is 17.1 Å². The molecule has 1 aromatic heterocycles. The Balaban J connectivity index is 1.84. The van der Waals surface area contributed by atoms with Crippen LogP contribution in [0, 0.1) is 0 Å². The summed E-state index contributed by atoms with van der Waals surface area (Å²) in [4.78, 5) is 17.8. The van der Waals surface area contributed by atoms with Crippen molar-refractivity contribution in [3.05, 3.63) is 93.7 Å². The summed E-state index contributed by atoms with van der Waals surface area (Å²) in [5, 5.41) is 5.43. The Morgan fingerprint density at radius 3 is 2.59 bits per heavy atom. The van der Waals surface area contributed by atoms with Crippen molar-refractivity contribution < 1.29 is 4.74 Å². The van der Waals surface area contributed by atoms with Crippen LogP contribution >= 0.6 is 11.6 Å². The first-order chi connectivity index (χ1) is 14.2. The zero-order chi connectivity index (χ0) is 20.2. The van der Waals surface area contributed by atoms with Crippen molar-refractivity contribution in [1.29, 1.82) is 0 Å². The van der Waals surface area contributed by atoms with Crippen LogP contribution in [-0.4, -0.2) is 22.5 Å². The molecule has 0 spiro atoms. The Bertz CT molecular complexity index is 1250. The van der Waals surface area contributed by atoms with Gasteiger partial charge in [0.15, 0.2) is 5.82 Å². The van der Waals surface area contributed by atoms with Gasteiger partial charge < -0.3 is 4.74 Å². The molecular weight excluding hydrogens is 386 g/mol. The molecule has 4 aromatic rings. The molecule has 1 heterocycles. The highest BCUT2D eigenvalue weighted by atomic mass is 35.5. The highest BCUT2D eigenvalue weighted by Crippen LogP contribution is 2.25. The largest absolute Gasteiger partial charge is 0.492 e. The molecule has 4 rings (SSSR count). The van der Waals surface area contributed by atoms with Crippen LogP contribution in [0.15, 0.2) is 82.7 Å². The fraction of sp³-hybridized carbons (Fsp3) is 0.0870. The van der Waals surface area contributed by atoms with Gasteiger partial charge >= 0.3 is 0 Å². The molecule has 0 saturated carbocycles. The molecule has 0 atom stereocenters. The van der Waals surface area contributed by atoms with E-state index in [1.54, 1.807) is 24.4 Å². The van der Waals surface area contributed by atoms with E-state index in [9.17, 15) is 4.79 Å². The highest BCUT2D eigenvalue weighted by Gasteiger charge is 2.12. The first-order valence-corrected chi connectivity index (χ1v) is 9.59. The van der Waals surface area contributed by atoms with Crippen LogP contribution in [-0.2, 0) is 0 Å². The topological polar surface area (TPSA) is 56.5 Å². The first kappa shape index (κ1) is 18.9. The maximum atomic E-state index is 13.1. The number of hydrogen-bond acceptors (Lipinski definition) is 4.